The van der Waals surface area contributed by atoms with Crippen LogP contribution in [0.4, 0.5) is 10.2 Å². The molecule has 0 saturated carbocycles. The van der Waals surface area contributed by atoms with Gasteiger partial charge in [-0.2, -0.15) is 0 Å². The highest BCUT2D eigenvalue weighted by Gasteiger charge is 2.55. The molecule has 22 heteroatoms. The number of nitrogens with two attached hydrogens (primary N) is 1. The van der Waals surface area contributed by atoms with Crippen molar-refractivity contribution in [2.45, 2.75) is 49.0 Å². The molecule has 10 atom stereocenters. The van der Waals surface area contributed by atoms with Gasteiger partial charge in [0, 0.05) is 28.2 Å². The van der Waals surface area contributed by atoms with Crippen molar-refractivity contribution in [1.29, 1.82) is 0 Å². The van der Waals surface area contributed by atoms with E-state index in [1.807, 2.05) is 0 Å². The highest BCUT2D eigenvalue weighted by Crippen LogP contribution is 2.65. The van der Waals surface area contributed by atoms with Gasteiger partial charge >= 0.3 is 15.1 Å². The molecule has 4 N–H and O–H groups in total. The van der Waals surface area contributed by atoms with Gasteiger partial charge in [-0.25, -0.2) is 23.9 Å². The molecule has 2 unspecified atom stereocenters. The first-order valence-electron chi connectivity index (χ1n) is 12.9. The lowest BCUT2D eigenvalue weighted by Crippen LogP contribution is -2.34. The standard InChI is InChI=1S/C22H24FN7O10P2S2/c1-25-21(32)10-4-9(2-3-26-10)16-18-15(31)11(37-16)6-36-42(34,44-43)40-17-12(5-35-41(33)39-18)38-22(13(17)23)30-8-29-14-19(24)27-7-28-20(14)30/h2-4,7-8,11-13,15-18,22,31H,5-6H2,1H3,(H3-,24,25,27,28,32,43)/p+1/t11-,12-,13-,15-,16+,17-,18-,22-,42?/m1/s1. The number of carbonyl (C=O) groups excluding carboxylic acids is 1. The second-order valence-electron chi connectivity index (χ2n) is 9.72. The predicted octanol–water partition coefficient (Wildman–Crippen LogP) is 2.06. The van der Waals surface area contributed by atoms with Crippen LogP contribution in [0.3, 0.4) is 0 Å². The number of fused-ring (bicyclic) bond motifs is 4. The first-order chi connectivity index (χ1) is 21.1. The van der Waals surface area contributed by atoms with Gasteiger partial charge in [-0.1, -0.05) is 11.7 Å². The number of halogens is 1. The number of rotatable bonds is 4. The Hall–Kier alpha value is -2.35. The first kappa shape index (κ1) is 31.6. The van der Waals surface area contributed by atoms with E-state index in [4.69, 9.17) is 33.3 Å². The number of imidazole rings is 1. The van der Waals surface area contributed by atoms with Crippen molar-refractivity contribution in [2.75, 3.05) is 26.0 Å². The molecule has 3 aromatic rings. The Morgan fingerprint density at radius 1 is 1.25 bits per heavy atom. The van der Waals surface area contributed by atoms with E-state index in [1.54, 1.807) is 0 Å². The Labute approximate surface area is 257 Å². The number of nitrogens with one attached hydrogen (secondary N) is 1. The summed E-state index contributed by atoms with van der Waals surface area (Å²) in [5.41, 5.74) is 6.65. The summed E-state index contributed by atoms with van der Waals surface area (Å²) >= 11 is 4.03. The molecule has 0 spiro atoms. The first-order valence-corrected chi connectivity index (χ1v) is 18.0. The van der Waals surface area contributed by atoms with Crippen molar-refractivity contribution < 1.29 is 51.0 Å². The molecule has 3 aliphatic heterocycles. The van der Waals surface area contributed by atoms with E-state index in [1.165, 1.54) is 42.6 Å². The quantitative estimate of drug-likeness (QED) is 0.175. The second kappa shape index (κ2) is 12.8. The number of alkyl halides is 1. The molecule has 6 rings (SSSR count). The van der Waals surface area contributed by atoms with Crippen LogP contribution in [-0.4, -0.2) is 92.5 Å². The van der Waals surface area contributed by atoms with E-state index in [-0.39, 0.29) is 22.7 Å². The number of nitrogen functional groups attached to an aromatic ring is 1. The maximum absolute atomic E-state index is 16.0. The zero-order valence-corrected chi connectivity index (χ0v) is 26.0. The number of pyridine rings is 1. The largest absolute Gasteiger partial charge is 0.697 e. The van der Waals surface area contributed by atoms with Crippen molar-refractivity contribution in [2.24, 2.45) is 0 Å². The van der Waals surface area contributed by atoms with Crippen LogP contribution in [-0.2, 0) is 36.7 Å². The summed E-state index contributed by atoms with van der Waals surface area (Å²) in [6.07, 6.45) is -7.45. The molecule has 3 fully saturated rings. The van der Waals surface area contributed by atoms with Crippen LogP contribution in [0.25, 0.3) is 11.2 Å². The number of hydrogen-bond acceptors (Lipinski definition) is 17. The number of ether oxygens (including phenoxy) is 2. The number of amides is 1. The highest BCUT2D eigenvalue weighted by atomic mass is 33.3. The Balaban J connectivity index is 1.29. The SMILES string of the molecule is CNC(=O)c1cc([C@@H]2O[C@@H]3COP(=O)(SS)O[C@H]4[C@@H](F)[C@H](n5cnc6c(N)ncnc65)O[C@@H]4CO[P+](=O)O[C@@H]2[C@@H]3O)ccn1. The summed E-state index contributed by atoms with van der Waals surface area (Å²) in [5.74, 6) is -0.407. The smallest absolute Gasteiger partial charge is 0.387 e. The Bertz CT molecular complexity index is 1630. The van der Waals surface area contributed by atoms with Crippen LogP contribution in [0, 0.1) is 0 Å². The zero-order valence-electron chi connectivity index (χ0n) is 22.5. The number of anilines is 1. The van der Waals surface area contributed by atoms with Crippen molar-refractivity contribution in [3.05, 3.63) is 42.2 Å². The van der Waals surface area contributed by atoms with Crippen molar-refractivity contribution in [3.63, 3.8) is 0 Å². The minimum Gasteiger partial charge on any atom is -0.387 e. The molecule has 3 aromatic heterocycles. The molecule has 17 nitrogen and oxygen atoms in total. The van der Waals surface area contributed by atoms with E-state index in [9.17, 15) is 19.0 Å². The van der Waals surface area contributed by atoms with Gasteiger partial charge in [-0.3, -0.25) is 23.4 Å². The third kappa shape index (κ3) is 5.96. The minimum absolute atomic E-state index is 0.0560. The highest BCUT2D eigenvalue weighted by molar-refractivity contribution is 8.93. The third-order valence-electron chi connectivity index (χ3n) is 7.14. The van der Waals surface area contributed by atoms with Crippen LogP contribution < -0.4 is 11.1 Å². The second-order valence-corrected chi connectivity index (χ2v) is 15.5. The number of aliphatic hydroxyl groups excluding tert-OH is 1. The average molecular weight is 693 g/mol. The molecule has 0 aliphatic carbocycles. The fourth-order valence-corrected chi connectivity index (χ4v) is 8.32. The lowest BCUT2D eigenvalue weighted by atomic mass is 10.0. The van der Waals surface area contributed by atoms with E-state index in [0.29, 0.717) is 16.0 Å². The van der Waals surface area contributed by atoms with Crippen LogP contribution in [0.1, 0.15) is 28.4 Å². The Morgan fingerprint density at radius 3 is 2.84 bits per heavy atom. The molecule has 3 aliphatic rings. The number of aliphatic hydroxyl groups is 1. The average Bonchev–Trinajstić information content (AvgIpc) is 3.69. The number of aromatic nitrogens is 5. The van der Waals surface area contributed by atoms with E-state index in [0.717, 1.165) is 0 Å². The molecule has 236 valence electrons. The molecule has 1 amide bonds. The summed E-state index contributed by atoms with van der Waals surface area (Å²) in [6, 6.07) is 2.94. The van der Waals surface area contributed by atoms with Crippen LogP contribution >= 0.6 is 37.1 Å². The molecule has 44 heavy (non-hydrogen) atoms. The molecule has 0 radical (unpaired) electrons. The molecule has 0 aromatic carbocycles. The normalized spacial score (nSPS) is 35.4. The van der Waals surface area contributed by atoms with Crippen LogP contribution in [0.5, 0.6) is 0 Å². The number of carbonyl (C=O) groups is 1. The monoisotopic (exact) mass is 692 g/mol. The summed E-state index contributed by atoms with van der Waals surface area (Å²) in [6.45, 7) is -5.32. The van der Waals surface area contributed by atoms with Gasteiger partial charge in [-0.15, -0.1) is 9.05 Å². The van der Waals surface area contributed by atoms with Gasteiger partial charge in [0.1, 0.15) is 54.7 Å². The van der Waals surface area contributed by atoms with E-state index >= 15 is 4.39 Å². The molecular formula is C22H25FN7O10P2S2+. The topological polar surface area (TPSA) is 221 Å². The zero-order chi connectivity index (χ0) is 31.2. The summed E-state index contributed by atoms with van der Waals surface area (Å²) in [5, 5.41) is 13.5. The van der Waals surface area contributed by atoms with Crippen molar-refractivity contribution in [3.8, 4) is 0 Å². The lowest BCUT2D eigenvalue weighted by Gasteiger charge is -2.24. The van der Waals surface area contributed by atoms with E-state index in [2.05, 4.69) is 36.9 Å². The fourth-order valence-electron chi connectivity index (χ4n) is 5.02. The molecule has 3 saturated heterocycles. The molecular weight excluding hydrogens is 667 g/mol. The van der Waals surface area contributed by atoms with Gasteiger partial charge in [0.25, 0.3) is 5.91 Å². The number of nitrogens with zero attached hydrogens (tertiary/aromatic N) is 5. The maximum Gasteiger partial charge on any atom is 0.697 e. The van der Waals surface area contributed by atoms with Gasteiger partial charge in [0.2, 0.25) is 0 Å². The summed E-state index contributed by atoms with van der Waals surface area (Å²) < 4.78 is 78.0. The van der Waals surface area contributed by atoms with Gasteiger partial charge in [0.05, 0.1) is 12.9 Å². The lowest BCUT2D eigenvalue weighted by molar-refractivity contribution is -0.0450. The number of hydrogen-bond donors (Lipinski definition) is 4. The summed E-state index contributed by atoms with van der Waals surface area (Å²) in [7, 11) is -1.13. The Morgan fingerprint density at radius 2 is 2.07 bits per heavy atom. The summed E-state index contributed by atoms with van der Waals surface area (Å²) in [4.78, 5) is 28.2. The van der Waals surface area contributed by atoms with Crippen LogP contribution in [0.2, 0.25) is 0 Å². The van der Waals surface area contributed by atoms with Crippen molar-refractivity contribution in [1.82, 2.24) is 29.8 Å². The van der Waals surface area contributed by atoms with Crippen molar-refractivity contribution >= 4 is 60.0 Å². The van der Waals surface area contributed by atoms with Gasteiger partial charge in [-0.05, 0) is 17.7 Å². The number of thiol groups is 1. The van der Waals surface area contributed by atoms with Crippen LogP contribution in [0.15, 0.2) is 31.0 Å². The minimum atomic E-state index is -4.25. The third-order valence-corrected chi connectivity index (χ3v) is 12.1. The fraction of sp³-hybridized carbons (Fsp3) is 0.500. The van der Waals surface area contributed by atoms with E-state index < -0.39 is 83.2 Å². The Kier molecular flexibility index (Phi) is 9.20. The van der Waals surface area contributed by atoms with Gasteiger partial charge < -0.3 is 25.6 Å². The van der Waals surface area contributed by atoms with Gasteiger partial charge in [0.15, 0.2) is 30.0 Å². The predicted molar refractivity (Wildman–Crippen MR) is 153 cm³/mol. The maximum atomic E-state index is 16.0. The molecule has 2 bridgehead atoms. The molecule has 6 heterocycles.